The lowest BCUT2D eigenvalue weighted by atomic mass is 10.0. The van der Waals surface area contributed by atoms with Gasteiger partial charge in [-0.2, -0.15) is 5.26 Å². The number of aliphatic hydroxyl groups is 1. The van der Waals surface area contributed by atoms with Crippen molar-refractivity contribution in [3.05, 3.63) is 91.4 Å². The van der Waals surface area contributed by atoms with Crippen LogP contribution in [0, 0.1) is 17.1 Å². The summed E-state index contributed by atoms with van der Waals surface area (Å²) in [6, 6.07) is 15.0. The zero-order valence-corrected chi connectivity index (χ0v) is 21.4. The van der Waals surface area contributed by atoms with Crippen LogP contribution in [0.4, 0.5) is 4.39 Å². The number of pyridine rings is 1. The molecule has 0 aliphatic heterocycles. The summed E-state index contributed by atoms with van der Waals surface area (Å²) < 4.78 is 25.9. The van der Waals surface area contributed by atoms with E-state index in [-0.39, 0.29) is 24.1 Å². The first-order valence-corrected chi connectivity index (χ1v) is 12.0. The van der Waals surface area contributed by atoms with Gasteiger partial charge in [0.1, 0.15) is 22.3 Å². The van der Waals surface area contributed by atoms with E-state index < -0.39 is 17.9 Å². The van der Waals surface area contributed by atoms with Crippen LogP contribution in [-0.4, -0.2) is 29.3 Å². The highest BCUT2D eigenvalue weighted by atomic mass is 79.9. The van der Waals surface area contributed by atoms with E-state index >= 15 is 0 Å². The molecule has 9 heteroatoms. The van der Waals surface area contributed by atoms with Crippen molar-refractivity contribution < 1.29 is 23.8 Å². The fraction of sp³-hybridized carbons (Fsp3) is 0.240. The molecule has 0 radical (unpaired) electrons. The van der Waals surface area contributed by atoms with Crippen LogP contribution in [0.2, 0.25) is 0 Å². The van der Waals surface area contributed by atoms with E-state index in [0.717, 1.165) is 0 Å². The summed E-state index contributed by atoms with van der Waals surface area (Å²) in [4.78, 5) is 16.2. The molecule has 0 aliphatic carbocycles. The molecule has 1 aromatic heterocycles. The van der Waals surface area contributed by atoms with Crippen LogP contribution in [0.25, 0.3) is 0 Å². The standard InChI is InChI=1S/C25H21Br2FN2O4/c1-2-33-24(31)13-17-12-20(28)19(26)11-16(17)8-9-34-22-10-15(14-29)6-7-18(22)25(32)21-4-3-5-23(27)30-21/h3-7,10-12,25,32H,2,8-9,13H2,1H3. The minimum absolute atomic E-state index is 0.0597. The summed E-state index contributed by atoms with van der Waals surface area (Å²) >= 11 is 6.48. The number of halogens is 3. The summed E-state index contributed by atoms with van der Waals surface area (Å²) in [6.07, 6.45) is -0.773. The summed E-state index contributed by atoms with van der Waals surface area (Å²) in [6.45, 7) is 2.11. The molecule has 34 heavy (non-hydrogen) atoms. The second kappa shape index (κ2) is 12.1. The second-order valence-electron chi connectivity index (χ2n) is 7.27. The van der Waals surface area contributed by atoms with Gasteiger partial charge in [0.05, 0.1) is 41.4 Å². The number of benzene rings is 2. The number of rotatable bonds is 9. The number of nitriles is 1. The van der Waals surface area contributed by atoms with Crippen molar-refractivity contribution in [3.63, 3.8) is 0 Å². The Hall–Kier alpha value is -2.80. The quantitative estimate of drug-likeness (QED) is 0.264. The van der Waals surface area contributed by atoms with Crippen LogP contribution < -0.4 is 4.74 Å². The number of ether oxygens (including phenoxy) is 2. The van der Waals surface area contributed by atoms with Crippen LogP contribution in [-0.2, 0) is 22.4 Å². The molecule has 3 aromatic rings. The first kappa shape index (κ1) is 25.8. The number of aliphatic hydroxyl groups excluding tert-OH is 1. The molecule has 1 heterocycles. The van der Waals surface area contributed by atoms with Crippen molar-refractivity contribution in [2.75, 3.05) is 13.2 Å². The van der Waals surface area contributed by atoms with Crippen LogP contribution in [0.3, 0.4) is 0 Å². The zero-order valence-electron chi connectivity index (χ0n) is 18.2. The van der Waals surface area contributed by atoms with Gasteiger partial charge in [-0.1, -0.05) is 12.1 Å². The molecule has 176 valence electrons. The summed E-state index contributed by atoms with van der Waals surface area (Å²) in [5, 5.41) is 20.2. The first-order valence-electron chi connectivity index (χ1n) is 10.4. The average molecular weight is 592 g/mol. The van der Waals surface area contributed by atoms with E-state index in [1.165, 1.54) is 6.07 Å². The zero-order chi connectivity index (χ0) is 24.7. The second-order valence-corrected chi connectivity index (χ2v) is 8.93. The van der Waals surface area contributed by atoms with Crippen LogP contribution in [0.1, 0.15) is 41.0 Å². The predicted molar refractivity (Wildman–Crippen MR) is 131 cm³/mol. The molecule has 0 bridgehead atoms. The van der Waals surface area contributed by atoms with Crippen molar-refractivity contribution >= 4 is 37.8 Å². The maximum atomic E-state index is 14.1. The van der Waals surface area contributed by atoms with Gasteiger partial charge in [0.15, 0.2) is 0 Å². The number of nitrogens with zero attached hydrogens (tertiary/aromatic N) is 2. The molecular formula is C25H21Br2FN2O4. The molecule has 0 spiro atoms. The highest BCUT2D eigenvalue weighted by molar-refractivity contribution is 9.10. The Morgan fingerprint density at radius 3 is 2.71 bits per heavy atom. The Morgan fingerprint density at radius 1 is 1.21 bits per heavy atom. The molecule has 6 nitrogen and oxygen atoms in total. The van der Waals surface area contributed by atoms with Gasteiger partial charge in [0, 0.05) is 12.0 Å². The van der Waals surface area contributed by atoms with Gasteiger partial charge < -0.3 is 14.6 Å². The highest BCUT2D eigenvalue weighted by Crippen LogP contribution is 2.31. The maximum Gasteiger partial charge on any atom is 0.310 e. The molecule has 1 N–H and O–H groups in total. The Labute approximate surface area is 213 Å². The lowest BCUT2D eigenvalue weighted by Gasteiger charge is -2.17. The summed E-state index contributed by atoms with van der Waals surface area (Å²) in [7, 11) is 0. The fourth-order valence-corrected chi connectivity index (χ4v) is 4.10. The number of aromatic nitrogens is 1. The molecule has 1 atom stereocenters. The van der Waals surface area contributed by atoms with Crippen molar-refractivity contribution in [2.24, 2.45) is 0 Å². The molecule has 0 saturated heterocycles. The average Bonchev–Trinajstić information content (AvgIpc) is 2.81. The van der Waals surface area contributed by atoms with Crippen molar-refractivity contribution in [1.82, 2.24) is 4.98 Å². The van der Waals surface area contributed by atoms with E-state index in [1.54, 1.807) is 49.4 Å². The number of hydrogen-bond donors (Lipinski definition) is 1. The van der Waals surface area contributed by atoms with E-state index in [9.17, 15) is 19.6 Å². The normalized spacial score (nSPS) is 11.5. The van der Waals surface area contributed by atoms with Gasteiger partial charge >= 0.3 is 5.97 Å². The number of carbonyl (C=O) groups is 1. The van der Waals surface area contributed by atoms with Crippen molar-refractivity contribution in [2.45, 2.75) is 25.9 Å². The van der Waals surface area contributed by atoms with E-state index in [0.29, 0.717) is 44.7 Å². The molecule has 0 saturated carbocycles. The molecular weight excluding hydrogens is 571 g/mol. The Bertz CT molecular complexity index is 1230. The third-order valence-corrected chi connectivity index (χ3v) is 6.02. The number of hydrogen-bond acceptors (Lipinski definition) is 6. The van der Waals surface area contributed by atoms with E-state index in [1.807, 2.05) is 0 Å². The predicted octanol–water partition coefficient (Wildman–Crippen LogP) is 5.43. The molecule has 2 aromatic carbocycles. The number of esters is 1. The van der Waals surface area contributed by atoms with Gasteiger partial charge in [-0.05, 0) is 86.3 Å². The topological polar surface area (TPSA) is 92.4 Å². The van der Waals surface area contributed by atoms with Crippen LogP contribution >= 0.6 is 31.9 Å². The Kier molecular flexibility index (Phi) is 9.16. The molecule has 1 unspecified atom stereocenters. The maximum absolute atomic E-state index is 14.1. The lowest BCUT2D eigenvalue weighted by molar-refractivity contribution is -0.142. The fourth-order valence-electron chi connectivity index (χ4n) is 3.36. The molecule has 0 fully saturated rings. The molecule has 0 aliphatic rings. The van der Waals surface area contributed by atoms with E-state index in [4.69, 9.17) is 9.47 Å². The minimum Gasteiger partial charge on any atom is -0.493 e. The van der Waals surface area contributed by atoms with Gasteiger partial charge in [0.25, 0.3) is 0 Å². The lowest BCUT2D eigenvalue weighted by Crippen LogP contribution is -2.12. The highest BCUT2D eigenvalue weighted by Gasteiger charge is 2.19. The van der Waals surface area contributed by atoms with Gasteiger partial charge in [-0.25, -0.2) is 9.37 Å². The smallest absolute Gasteiger partial charge is 0.310 e. The van der Waals surface area contributed by atoms with Gasteiger partial charge in [-0.3, -0.25) is 4.79 Å². The largest absolute Gasteiger partial charge is 0.493 e. The van der Waals surface area contributed by atoms with Crippen LogP contribution in [0.5, 0.6) is 5.75 Å². The van der Waals surface area contributed by atoms with Crippen LogP contribution in [0.15, 0.2) is 57.6 Å². The monoisotopic (exact) mass is 590 g/mol. The SMILES string of the molecule is CCOC(=O)Cc1cc(F)c(Br)cc1CCOc1cc(C#N)ccc1C(O)c1cccc(Br)n1. The summed E-state index contributed by atoms with van der Waals surface area (Å²) in [5.74, 6) is -0.584. The number of carbonyl (C=O) groups excluding carboxylic acids is 1. The van der Waals surface area contributed by atoms with Crippen molar-refractivity contribution in [3.8, 4) is 11.8 Å². The Balaban J connectivity index is 1.82. The molecule has 3 rings (SSSR count). The third-order valence-electron chi connectivity index (χ3n) is 4.97. The minimum atomic E-state index is -1.07. The Morgan fingerprint density at radius 2 is 2.00 bits per heavy atom. The van der Waals surface area contributed by atoms with Crippen molar-refractivity contribution in [1.29, 1.82) is 5.26 Å². The first-order chi connectivity index (χ1) is 16.3. The van der Waals surface area contributed by atoms with Gasteiger partial charge in [-0.15, -0.1) is 0 Å². The summed E-state index contributed by atoms with van der Waals surface area (Å²) in [5.41, 5.74) is 2.47. The van der Waals surface area contributed by atoms with Gasteiger partial charge in [0.2, 0.25) is 0 Å². The third kappa shape index (κ3) is 6.63. The van der Waals surface area contributed by atoms with E-state index in [2.05, 4.69) is 42.9 Å². The molecule has 0 amide bonds.